The first kappa shape index (κ1) is 13.5. The Bertz CT molecular complexity index is 830. The Balaban J connectivity index is 1.97. The number of ether oxygens (including phenoxy) is 1. The van der Waals surface area contributed by atoms with E-state index in [0.29, 0.717) is 11.3 Å². The van der Waals surface area contributed by atoms with Crippen molar-refractivity contribution in [2.45, 2.75) is 0 Å². The standard InChI is InChI=1S/C16H9ClFNO2/c17-13-9-11(18)6-7-12(13)16(20)21-14-5-1-3-10-4-2-8-19-15(10)14/h1-9H. The average Bonchev–Trinajstić information content (AvgIpc) is 2.47. The lowest BCUT2D eigenvalue weighted by atomic mass is 10.2. The first-order chi connectivity index (χ1) is 10.1. The molecule has 0 aliphatic heterocycles. The molecule has 3 nitrogen and oxygen atoms in total. The number of halogens is 2. The number of pyridine rings is 1. The molecule has 0 radical (unpaired) electrons. The molecule has 104 valence electrons. The Morgan fingerprint density at radius 1 is 1.14 bits per heavy atom. The summed E-state index contributed by atoms with van der Waals surface area (Å²) >= 11 is 5.85. The fourth-order valence-corrected chi connectivity index (χ4v) is 2.21. The van der Waals surface area contributed by atoms with Crippen molar-refractivity contribution in [3.63, 3.8) is 0 Å². The van der Waals surface area contributed by atoms with Crippen molar-refractivity contribution in [3.05, 3.63) is 71.1 Å². The van der Waals surface area contributed by atoms with Crippen LogP contribution in [0.3, 0.4) is 0 Å². The Morgan fingerprint density at radius 3 is 2.76 bits per heavy atom. The SMILES string of the molecule is O=C(Oc1cccc2cccnc12)c1ccc(F)cc1Cl. The molecule has 0 atom stereocenters. The number of hydrogen-bond acceptors (Lipinski definition) is 3. The third kappa shape index (κ3) is 2.71. The molecule has 0 saturated carbocycles. The highest BCUT2D eigenvalue weighted by atomic mass is 35.5. The van der Waals surface area contributed by atoms with Crippen LogP contribution in [0.15, 0.2) is 54.7 Å². The molecule has 21 heavy (non-hydrogen) atoms. The second-order valence-corrected chi connectivity index (χ2v) is 4.75. The summed E-state index contributed by atoms with van der Waals surface area (Å²) in [5.41, 5.74) is 0.678. The minimum atomic E-state index is -0.654. The van der Waals surface area contributed by atoms with Crippen LogP contribution < -0.4 is 4.74 Å². The van der Waals surface area contributed by atoms with Gasteiger partial charge < -0.3 is 4.74 Å². The maximum atomic E-state index is 13.0. The molecule has 1 aromatic heterocycles. The maximum absolute atomic E-state index is 13.0. The molecule has 3 aromatic rings. The second kappa shape index (κ2) is 5.50. The summed E-state index contributed by atoms with van der Waals surface area (Å²) in [6, 6.07) is 12.4. The van der Waals surface area contributed by atoms with Crippen LogP contribution in [0, 0.1) is 5.82 Å². The number of rotatable bonds is 2. The molecule has 1 heterocycles. The molecular weight excluding hydrogens is 293 g/mol. The number of para-hydroxylation sites is 1. The van der Waals surface area contributed by atoms with E-state index in [9.17, 15) is 9.18 Å². The van der Waals surface area contributed by atoms with Crippen LogP contribution in [0.5, 0.6) is 5.75 Å². The van der Waals surface area contributed by atoms with Crippen molar-refractivity contribution in [3.8, 4) is 5.75 Å². The topological polar surface area (TPSA) is 39.2 Å². The van der Waals surface area contributed by atoms with E-state index in [1.807, 2.05) is 12.1 Å². The quantitative estimate of drug-likeness (QED) is 0.525. The van der Waals surface area contributed by atoms with Crippen LogP contribution in [0.2, 0.25) is 5.02 Å². The predicted octanol–water partition coefficient (Wildman–Crippen LogP) is 4.25. The molecule has 3 rings (SSSR count). The van der Waals surface area contributed by atoms with Gasteiger partial charge in [-0.15, -0.1) is 0 Å². The van der Waals surface area contributed by atoms with Gasteiger partial charge in [-0.2, -0.15) is 0 Å². The summed E-state index contributed by atoms with van der Waals surface area (Å²) in [5.74, 6) is -0.833. The van der Waals surface area contributed by atoms with E-state index < -0.39 is 11.8 Å². The van der Waals surface area contributed by atoms with Gasteiger partial charge in [-0.3, -0.25) is 4.98 Å². The molecule has 0 bridgehead atoms. The first-order valence-electron chi connectivity index (χ1n) is 6.16. The Kier molecular flexibility index (Phi) is 3.54. The molecule has 0 saturated heterocycles. The van der Waals surface area contributed by atoms with Gasteiger partial charge in [-0.1, -0.05) is 29.8 Å². The monoisotopic (exact) mass is 301 g/mol. The van der Waals surface area contributed by atoms with Gasteiger partial charge in [0.25, 0.3) is 0 Å². The number of fused-ring (bicyclic) bond motifs is 1. The van der Waals surface area contributed by atoms with E-state index in [2.05, 4.69) is 4.98 Å². The zero-order chi connectivity index (χ0) is 14.8. The van der Waals surface area contributed by atoms with Crippen LogP contribution in [0.25, 0.3) is 10.9 Å². The van der Waals surface area contributed by atoms with Crippen LogP contribution in [-0.4, -0.2) is 11.0 Å². The van der Waals surface area contributed by atoms with Crippen LogP contribution >= 0.6 is 11.6 Å². The van der Waals surface area contributed by atoms with Crippen molar-refractivity contribution in [2.24, 2.45) is 0 Å². The van der Waals surface area contributed by atoms with Gasteiger partial charge >= 0.3 is 5.97 Å². The summed E-state index contributed by atoms with van der Waals surface area (Å²) in [4.78, 5) is 16.3. The van der Waals surface area contributed by atoms with Crippen LogP contribution in [0.4, 0.5) is 4.39 Å². The molecule has 0 aliphatic carbocycles. The van der Waals surface area contributed by atoms with Gasteiger partial charge in [-0.05, 0) is 30.3 Å². The van der Waals surface area contributed by atoms with E-state index in [1.54, 1.807) is 24.4 Å². The van der Waals surface area contributed by atoms with E-state index in [4.69, 9.17) is 16.3 Å². The molecule has 0 unspecified atom stereocenters. The van der Waals surface area contributed by atoms with Crippen molar-refractivity contribution < 1.29 is 13.9 Å². The lowest BCUT2D eigenvalue weighted by molar-refractivity contribution is 0.0737. The molecule has 0 aliphatic rings. The zero-order valence-corrected chi connectivity index (χ0v) is 11.5. The third-order valence-corrected chi connectivity index (χ3v) is 3.26. The van der Waals surface area contributed by atoms with Gasteiger partial charge in [-0.25, -0.2) is 9.18 Å². The molecule has 0 spiro atoms. The summed E-state index contributed by atoms with van der Waals surface area (Å²) in [6.45, 7) is 0. The predicted molar refractivity (Wildman–Crippen MR) is 78.1 cm³/mol. The molecule has 5 heteroatoms. The molecule has 0 fully saturated rings. The average molecular weight is 302 g/mol. The Labute approximate surface area is 124 Å². The van der Waals surface area contributed by atoms with Gasteiger partial charge in [0.2, 0.25) is 0 Å². The van der Waals surface area contributed by atoms with Crippen molar-refractivity contribution in [2.75, 3.05) is 0 Å². The minimum absolute atomic E-state index is 0.00759. The zero-order valence-electron chi connectivity index (χ0n) is 10.7. The summed E-state index contributed by atoms with van der Waals surface area (Å²) in [7, 11) is 0. The Hall–Kier alpha value is -2.46. The number of esters is 1. The fraction of sp³-hybridized carbons (Fsp3) is 0. The second-order valence-electron chi connectivity index (χ2n) is 4.34. The number of benzene rings is 2. The van der Waals surface area contributed by atoms with Gasteiger partial charge in [0.05, 0.1) is 10.6 Å². The van der Waals surface area contributed by atoms with Gasteiger partial charge in [0.1, 0.15) is 11.3 Å². The van der Waals surface area contributed by atoms with Crippen LogP contribution in [0.1, 0.15) is 10.4 Å². The summed E-state index contributed by atoms with van der Waals surface area (Å²) in [5, 5.41) is 0.862. The lowest BCUT2D eigenvalue weighted by Gasteiger charge is -2.08. The third-order valence-electron chi connectivity index (χ3n) is 2.95. The maximum Gasteiger partial charge on any atom is 0.345 e. The minimum Gasteiger partial charge on any atom is -0.421 e. The lowest BCUT2D eigenvalue weighted by Crippen LogP contribution is -2.09. The molecule has 0 N–H and O–H groups in total. The van der Waals surface area contributed by atoms with E-state index in [1.165, 1.54) is 6.07 Å². The highest BCUT2D eigenvalue weighted by Gasteiger charge is 2.15. The summed E-state index contributed by atoms with van der Waals surface area (Å²) < 4.78 is 18.3. The number of aromatic nitrogens is 1. The molecular formula is C16H9ClFNO2. The number of hydrogen-bond donors (Lipinski definition) is 0. The van der Waals surface area contributed by atoms with E-state index in [0.717, 1.165) is 17.5 Å². The largest absolute Gasteiger partial charge is 0.421 e. The van der Waals surface area contributed by atoms with Crippen LogP contribution in [-0.2, 0) is 0 Å². The smallest absolute Gasteiger partial charge is 0.345 e. The number of carbonyl (C=O) groups is 1. The van der Waals surface area contributed by atoms with Crippen molar-refractivity contribution in [1.82, 2.24) is 4.98 Å². The fourth-order valence-electron chi connectivity index (χ4n) is 1.97. The number of carbonyl (C=O) groups excluding carboxylic acids is 1. The molecule has 0 amide bonds. The van der Waals surface area contributed by atoms with E-state index >= 15 is 0 Å². The Morgan fingerprint density at radius 2 is 1.95 bits per heavy atom. The highest BCUT2D eigenvalue weighted by molar-refractivity contribution is 6.33. The van der Waals surface area contributed by atoms with Gasteiger partial charge in [0.15, 0.2) is 5.75 Å². The van der Waals surface area contributed by atoms with Crippen molar-refractivity contribution in [1.29, 1.82) is 0 Å². The van der Waals surface area contributed by atoms with Gasteiger partial charge in [0, 0.05) is 11.6 Å². The summed E-state index contributed by atoms with van der Waals surface area (Å²) in [6.07, 6.45) is 1.62. The van der Waals surface area contributed by atoms with Crippen molar-refractivity contribution >= 4 is 28.5 Å². The number of nitrogens with zero attached hydrogens (tertiary/aromatic N) is 1. The van der Waals surface area contributed by atoms with E-state index in [-0.39, 0.29) is 10.6 Å². The normalized spacial score (nSPS) is 10.6. The molecule has 2 aromatic carbocycles. The first-order valence-corrected chi connectivity index (χ1v) is 6.54. The highest BCUT2D eigenvalue weighted by Crippen LogP contribution is 2.25.